The molecule has 0 bridgehead atoms. The lowest BCUT2D eigenvalue weighted by molar-refractivity contribution is 0.373. The number of rotatable bonds is 1. The average Bonchev–Trinajstić information content (AvgIpc) is 2.75. The zero-order valence-corrected chi connectivity index (χ0v) is 9.69. The normalized spacial score (nSPS) is 29.2. The minimum Gasteiger partial charge on any atom is -0.340 e. The summed E-state index contributed by atoms with van der Waals surface area (Å²) >= 11 is 0. The van der Waals surface area contributed by atoms with E-state index in [-0.39, 0.29) is 0 Å². The Morgan fingerprint density at radius 3 is 3.25 bits per heavy atom. The van der Waals surface area contributed by atoms with Gasteiger partial charge in [0, 0.05) is 31.0 Å². The van der Waals surface area contributed by atoms with Crippen molar-refractivity contribution >= 4 is 5.95 Å². The van der Waals surface area contributed by atoms with Crippen LogP contribution < -0.4 is 10.2 Å². The standard InChI is InChI=1S/C12H18N4/c1-9-2-5-14-12(15-9)16-7-4-11-10(8-16)3-6-13-11/h2,5,10-11,13H,3-4,6-8H2,1H3. The van der Waals surface area contributed by atoms with Gasteiger partial charge in [0.2, 0.25) is 5.95 Å². The number of aryl methyl sites for hydroxylation is 1. The van der Waals surface area contributed by atoms with E-state index in [2.05, 4.69) is 20.2 Å². The number of fused-ring (bicyclic) bond motifs is 1. The van der Waals surface area contributed by atoms with Gasteiger partial charge in [-0.15, -0.1) is 0 Å². The zero-order valence-electron chi connectivity index (χ0n) is 9.69. The lowest BCUT2D eigenvalue weighted by Crippen LogP contribution is -2.45. The van der Waals surface area contributed by atoms with Gasteiger partial charge >= 0.3 is 0 Å². The average molecular weight is 218 g/mol. The maximum absolute atomic E-state index is 4.51. The molecular formula is C12H18N4. The molecular weight excluding hydrogens is 200 g/mol. The van der Waals surface area contributed by atoms with Crippen molar-refractivity contribution in [3.05, 3.63) is 18.0 Å². The highest BCUT2D eigenvalue weighted by molar-refractivity contribution is 5.31. The highest BCUT2D eigenvalue weighted by atomic mass is 15.3. The maximum Gasteiger partial charge on any atom is 0.225 e. The van der Waals surface area contributed by atoms with Gasteiger partial charge in [0.25, 0.3) is 0 Å². The summed E-state index contributed by atoms with van der Waals surface area (Å²) < 4.78 is 0. The van der Waals surface area contributed by atoms with Gasteiger partial charge in [0.15, 0.2) is 0 Å². The highest BCUT2D eigenvalue weighted by Crippen LogP contribution is 2.26. The summed E-state index contributed by atoms with van der Waals surface area (Å²) in [5, 5.41) is 3.57. The Morgan fingerprint density at radius 1 is 1.44 bits per heavy atom. The molecule has 2 unspecified atom stereocenters. The summed E-state index contributed by atoms with van der Waals surface area (Å²) in [4.78, 5) is 11.2. The Hall–Kier alpha value is -1.16. The molecule has 16 heavy (non-hydrogen) atoms. The van der Waals surface area contributed by atoms with E-state index >= 15 is 0 Å². The first-order valence-corrected chi connectivity index (χ1v) is 6.11. The fourth-order valence-corrected chi connectivity index (χ4v) is 2.82. The molecule has 1 aromatic rings. The fourth-order valence-electron chi connectivity index (χ4n) is 2.82. The van der Waals surface area contributed by atoms with Crippen LogP contribution in [0, 0.1) is 12.8 Å². The summed E-state index contributed by atoms with van der Waals surface area (Å²) in [5.74, 6) is 1.70. The van der Waals surface area contributed by atoms with Crippen LogP contribution in [0.5, 0.6) is 0 Å². The molecule has 0 radical (unpaired) electrons. The Kier molecular flexibility index (Phi) is 2.52. The largest absolute Gasteiger partial charge is 0.340 e. The van der Waals surface area contributed by atoms with E-state index in [4.69, 9.17) is 0 Å². The SMILES string of the molecule is Cc1ccnc(N2CCC3NCCC3C2)n1. The van der Waals surface area contributed by atoms with Crippen molar-refractivity contribution in [3.63, 3.8) is 0 Å². The van der Waals surface area contributed by atoms with Gasteiger partial charge in [0.05, 0.1) is 0 Å². The first-order valence-electron chi connectivity index (χ1n) is 6.11. The van der Waals surface area contributed by atoms with Crippen molar-refractivity contribution in [3.8, 4) is 0 Å². The summed E-state index contributed by atoms with van der Waals surface area (Å²) in [7, 11) is 0. The molecule has 2 saturated heterocycles. The summed E-state index contributed by atoms with van der Waals surface area (Å²) in [6.45, 7) is 5.39. The molecule has 3 rings (SSSR count). The predicted molar refractivity (Wildman–Crippen MR) is 63.5 cm³/mol. The second-order valence-electron chi connectivity index (χ2n) is 4.84. The van der Waals surface area contributed by atoms with Gasteiger partial charge in [0.1, 0.15) is 0 Å². The van der Waals surface area contributed by atoms with Gasteiger partial charge in [-0.25, -0.2) is 9.97 Å². The van der Waals surface area contributed by atoms with Crippen molar-refractivity contribution in [2.75, 3.05) is 24.5 Å². The van der Waals surface area contributed by atoms with Crippen LogP contribution in [-0.4, -0.2) is 35.6 Å². The molecule has 2 fully saturated rings. The monoisotopic (exact) mass is 218 g/mol. The predicted octanol–water partition coefficient (Wildman–Crippen LogP) is 0.973. The Morgan fingerprint density at radius 2 is 2.38 bits per heavy atom. The van der Waals surface area contributed by atoms with E-state index in [0.717, 1.165) is 36.7 Å². The van der Waals surface area contributed by atoms with Crippen LogP contribution in [0.4, 0.5) is 5.95 Å². The number of piperidine rings is 1. The first kappa shape index (κ1) is 10.0. The maximum atomic E-state index is 4.51. The molecule has 1 N–H and O–H groups in total. The van der Waals surface area contributed by atoms with Crippen LogP contribution in [0.25, 0.3) is 0 Å². The summed E-state index contributed by atoms with van der Waals surface area (Å²) in [6.07, 6.45) is 4.38. The molecule has 4 heteroatoms. The number of nitrogens with zero attached hydrogens (tertiary/aromatic N) is 3. The summed E-state index contributed by atoms with van der Waals surface area (Å²) in [6, 6.07) is 2.69. The van der Waals surface area contributed by atoms with E-state index in [1.807, 2.05) is 19.2 Å². The first-order chi connectivity index (χ1) is 7.83. The van der Waals surface area contributed by atoms with Crippen LogP contribution in [-0.2, 0) is 0 Å². The number of aromatic nitrogens is 2. The number of hydrogen-bond donors (Lipinski definition) is 1. The Balaban J connectivity index is 1.76. The summed E-state index contributed by atoms with van der Waals surface area (Å²) in [5.41, 5.74) is 1.05. The molecule has 0 aromatic carbocycles. The van der Waals surface area contributed by atoms with Crippen molar-refractivity contribution < 1.29 is 0 Å². The highest BCUT2D eigenvalue weighted by Gasteiger charge is 2.33. The molecule has 4 nitrogen and oxygen atoms in total. The van der Waals surface area contributed by atoms with Crippen LogP contribution >= 0.6 is 0 Å². The minimum absolute atomic E-state index is 0.737. The molecule has 0 spiro atoms. The minimum atomic E-state index is 0.737. The topological polar surface area (TPSA) is 41.1 Å². The van der Waals surface area contributed by atoms with Crippen LogP contribution in [0.3, 0.4) is 0 Å². The van der Waals surface area contributed by atoms with Crippen molar-refractivity contribution in [2.45, 2.75) is 25.8 Å². The lowest BCUT2D eigenvalue weighted by Gasteiger charge is -2.34. The molecule has 3 heterocycles. The van der Waals surface area contributed by atoms with Gasteiger partial charge < -0.3 is 10.2 Å². The van der Waals surface area contributed by atoms with Crippen LogP contribution in [0.2, 0.25) is 0 Å². The van der Waals surface area contributed by atoms with Crippen molar-refractivity contribution in [1.29, 1.82) is 0 Å². The lowest BCUT2D eigenvalue weighted by atomic mass is 9.94. The third kappa shape index (κ3) is 1.78. The zero-order chi connectivity index (χ0) is 11.0. The second kappa shape index (κ2) is 4.01. The third-order valence-electron chi connectivity index (χ3n) is 3.72. The van der Waals surface area contributed by atoms with Gasteiger partial charge in [-0.2, -0.15) is 0 Å². The number of nitrogens with one attached hydrogen (secondary N) is 1. The molecule has 0 saturated carbocycles. The molecule has 86 valence electrons. The van der Waals surface area contributed by atoms with Gasteiger partial charge in [-0.05, 0) is 38.3 Å². The molecule has 1 aromatic heterocycles. The molecule has 0 aliphatic carbocycles. The molecule has 0 amide bonds. The Bertz CT molecular complexity index is 379. The molecule has 2 aliphatic rings. The van der Waals surface area contributed by atoms with Gasteiger partial charge in [-0.3, -0.25) is 0 Å². The van der Waals surface area contributed by atoms with Crippen molar-refractivity contribution in [2.24, 2.45) is 5.92 Å². The molecule has 2 aliphatic heterocycles. The van der Waals surface area contributed by atoms with E-state index in [9.17, 15) is 0 Å². The van der Waals surface area contributed by atoms with E-state index in [0.29, 0.717) is 0 Å². The Labute approximate surface area is 96.1 Å². The fraction of sp³-hybridized carbons (Fsp3) is 0.667. The van der Waals surface area contributed by atoms with Gasteiger partial charge in [-0.1, -0.05) is 0 Å². The quantitative estimate of drug-likeness (QED) is 0.762. The second-order valence-corrected chi connectivity index (χ2v) is 4.84. The number of hydrogen-bond acceptors (Lipinski definition) is 4. The van der Waals surface area contributed by atoms with E-state index < -0.39 is 0 Å². The third-order valence-corrected chi connectivity index (χ3v) is 3.72. The van der Waals surface area contributed by atoms with E-state index in [1.165, 1.54) is 19.4 Å². The van der Waals surface area contributed by atoms with Crippen LogP contribution in [0.15, 0.2) is 12.3 Å². The molecule has 2 atom stereocenters. The number of anilines is 1. The smallest absolute Gasteiger partial charge is 0.225 e. The van der Waals surface area contributed by atoms with Crippen molar-refractivity contribution in [1.82, 2.24) is 15.3 Å². The van der Waals surface area contributed by atoms with Crippen LogP contribution in [0.1, 0.15) is 18.5 Å². The van der Waals surface area contributed by atoms with E-state index in [1.54, 1.807) is 0 Å².